The van der Waals surface area contributed by atoms with E-state index in [1.165, 1.54) is 10.9 Å². The molecule has 0 aliphatic carbocycles. The zero-order valence-corrected chi connectivity index (χ0v) is 57.6. The van der Waals surface area contributed by atoms with Crippen LogP contribution in [0.1, 0.15) is 37.5 Å². The van der Waals surface area contributed by atoms with Crippen LogP contribution in [0.4, 0.5) is 0 Å². The molecule has 83 heavy (non-hydrogen) atoms. The zero-order chi connectivity index (χ0) is 62.4. The summed E-state index contributed by atoms with van der Waals surface area (Å²) < 4.78 is 14.5. The van der Waals surface area contributed by atoms with Gasteiger partial charge in [-0.05, 0) is 103 Å². The second-order valence-corrected chi connectivity index (χ2v) is 17.3. The first kappa shape index (κ1) is 77.2. The fourth-order valence-corrected chi connectivity index (χ4v) is 7.90. The number of oxime groups is 1. The van der Waals surface area contributed by atoms with Gasteiger partial charge in [0.15, 0.2) is 5.71 Å². The molecule has 0 radical (unpaired) electrons. The summed E-state index contributed by atoms with van der Waals surface area (Å²) in [5.74, 6) is 6.81. The summed E-state index contributed by atoms with van der Waals surface area (Å²) in [6, 6.07) is 34.3. The summed E-state index contributed by atoms with van der Waals surface area (Å²) in [4.78, 5) is 70.9. The van der Waals surface area contributed by atoms with Crippen LogP contribution in [0.5, 0.6) is 0 Å². The Bertz CT molecular complexity index is 3070. The smallest absolute Gasteiger partial charge is 0.356 e. The molecule has 0 unspecified atom stereocenters. The molecule has 0 aliphatic heterocycles. The number of amides is 1. The van der Waals surface area contributed by atoms with Crippen LogP contribution < -0.4 is 5.32 Å². The maximum absolute atomic E-state index is 12.1. The van der Waals surface area contributed by atoms with E-state index in [1.807, 2.05) is 133 Å². The number of carbonyl (C=O) groups excluding carboxylic acids is 4. The molecule has 8 rings (SSSR count). The number of aromatic nitrogens is 4. The zero-order valence-electron chi connectivity index (χ0n) is 48.9. The number of nitrogens with one attached hydrogen (secondary N) is 5. The van der Waals surface area contributed by atoms with E-state index in [9.17, 15) is 19.2 Å². The van der Waals surface area contributed by atoms with Gasteiger partial charge >= 0.3 is 17.9 Å². The number of para-hydroxylation sites is 4. The molecular formula is C60H78Br5N9O8S. The van der Waals surface area contributed by atoms with Gasteiger partial charge in [0.1, 0.15) is 17.1 Å². The van der Waals surface area contributed by atoms with Crippen molar-refractivity contribution in [3.8, 4) is 0 Å². The number of H-pyrrole nitrogens is 4. The predicted octanol–water partition coefficient (Wildman–Crippen LogP) is 13.9. The molecule has 4 heterocycles. The lowest BCUT2D eigenvalue weighted by molar-refractivity contribution is -0.136. The van der Waals surface area contributed by atoms with Crippen molar-refractivity contribution in [3.05, 3.63) is 145 Å². The van der Waals surface area contributed by atoms with Crippen LogP contribution in [0.3, 0.4) is 0 Å². The van der Waals surface area contributed by atoms with Gasteiger partial charge in [0.2, 0.25) is 0 Å². The van der Waals surface area contributed by atoms with Gasteiger partial charge in [-0.2, -0.15) is 11.8 Å². The molecule has 0 spiro atoms. The van der Waals surface area contributed by atoms with Gasteiger partial charge in [0, 0.05) is 116 Å². The van der Waals surface area contributed by atoms with Crippen LogP contribution in [-0.2, 0) is 52.7 Å². The number of carbonyl (C=O) groups is 4. The van der Waals surface area contributed by atoms with Crippen molar-refractivity contribution < 1.29 is 38.6 Å². The molecule has 23 heteroatoms. The molecule has 0 aliphatic rings. The molecule has 6 N–H and O–H groups in total. The Hall–Kier alpha value is -5.85. The number of fused-ring (bicyclic) bond motifs is 4. The second kappa shape index (κ2) is 48.5. The fraction of sp³-hybridized carbons (Fsp3) is 0.333. The molecule has 452 valence electrons. The molecule has 1 amide bonds. The summed E-state index contributed by atoms with van der Waals surface area (Å²) in [5, 5.41) is 18.6. The normalized spacial score (nSPS) is 10.7. The highest BCUT2D eigenvalue weighted by molar-refractivity contribution is 9.09. The third-order valence-corrected chi connectivity index (χ3v) is 12.1. The average molecular weight is 1480 g/mol. The van der Waals surface area contributed by atoms with Gasteiger partial charge in [-0.15, -0.1) is 0 Å². The average Bonchev–Trinajstić information content (AvgIpc) is 4.39. The van der Waals surface area contributed by atoms with E-state index >= 15 is 0 Å². The Labute approximate surface area is 534 Å². The van der Waals surface area contributed by atoms with Crippen LogP contribution in [0.2, 0.25) is 0 Å². The first-order valence-corrected chi connectivity index (χ1v) is 34.5. The van der Waals surface area contributed by atoms with Crippen molar-refractivity contribution in [1.29, 1.82) is 0 Å². The molecule has 0 saturated carbocycles. The molecule has 4 aromatic heterocycles. The van der Waals surface area contributed by atoms with E-state index < -0.39 is 5.97 Å². The number of esters is 3. The molecule has 4 aromatic carbocycles. The standard InChI is InChI=1S/C15H19N3OS.2C14H16N2O2.C8H7N.C5H8BrNO3.4CH3Br/c1-16-14(15(19)17-7-8-20-2)9-11-10-18-13-6-4-3-5-12(11)13;2*1-3-18-14(17)13(15-2)8-10-9-16-12-7-5-4-6-11(10)12;1-2-4-8-7(3-1)5-6-9-8;1-2-10-5(8)4(3-6)7-9;4*1-2/h3-6,10,18H,7-9H2,1-2H3,(H,17,19);2*4-7,9,16H,3,8H2,1-2H3;1-6,9H;9H,2-3H2,1H3;4*1H3/b;;;;7-4-;;;;. The summed E-state index contributed by atoms with van der Waals surface area (Å²) in [6.07, 6.45) is 11.3. The number of nitrogens with zero attached hydrogens (tertiary/aromatic N) is 4. The van der Waals surface area contributed by atoms with E-state index in [4.69, 9.17) is 14.7 Å². The van der Waals surface area contributed by atoms with Crippen LogP contribution in [-0.4, -0.2) is 160 Å². The third kappa shape index (κ3) is 27.6. The van der Waals surface area contributed by atoms with Gasteiger partial charge in [0.25, 0.3) is 5.91 Å². The second-order valence-electron chi connectivity index (χ2n) is 15.8. The number of halogens is 5. The molecule has 0 bridgehead atoms. The molecule has 8 aromatic rings. The SMILES string of the molecule is CBr.CBr.CBr.CBr.CCOC(=O)/C(CBr)=N\O.CCOC(=O)C(Cc1c[nH]c2ccccc12)=NC.CCOC(=O)C(Cc1c[nH]c2ccccc12)=NC.CN=C(Cc1c[nH]c2ccccc12)C(=O)NCCSC.c1ccc2[nH]ccc2c1. The quantitative estimate of drug-likeness (QED) is 0.00965. The number of thioether (sulfide) groups is 1. The number of alkyl halides is 5. The lowest BCUT2D eigenvalue weighted by Crippen LogP contribution is -2.33. The highest BCUT2D eigenvalue weighted by Gasteiger charge is 2.17. The third-order valence-electron chi connectivity index (χ3n) is 11.0. The fourth-order valence-electron chi connectivity index (χ4n) is 7.25. The Balaban J connectivity index is 0.00000101. The summed E-state index contributed by atoms with van der Waals surface area (Å²) >= 11 is 16.4. The maximum atomic E-state index is 12.1. The molecular weight excluding hydrogens is 1410 g/mol. The number of aromatic amines is 4. The van der Waals surface area contributed by atoms with Crippen molar-refractivity contribution >= 4 is 182 Å². The highest BCUT2D eigenvalue weighted by atomic mass is 79.9. The summed E-state index contributed by atoms with van der Waals surface area (Å²) in [6.45, 7) is 6.95. The number of benzene rings is 4. The lowest BCUT2D eigenvalue weighted by Gasteiger charge is -2.06. The van der Waals surface area contributed by atoms with Crippen LogP contribution in [0.15, 0.2) is 148 Å². The van der Waals surface area contributed by atoms with Crippen molar-refractivity contribution in [1.82, 2.24) is 25.3 Å². The Morgan fingerprint density at radius 1 is 0.506 bits per heavy atom. The van der Waals surface area contributed by atoms with Crippen LogP contribution in [0, 0.1) is 0 Å². The van der Waals surface area contributed by atoms with Crippen molar-refractivity contribution in [2.75, 3.05) is 88.2 Å². The van der Waals surface area contributed by atoms with Gasteiger partial charge in [-0.25, -0.2) is 14.4 Å². The van der Waals surface area contributed by atoms with E-state index in [1.54, 1.807) is 53.7 Å². The number of hydrogen-bond donors (Lipinski definition) is 6. The molecule has 0 saturated heterocycles. The molecule has 17 nitrogen and oxygen atoms in total. The lowest BCUT2D eigenvalue weighted by atomic mass is 10.1. The van der Waals surface area contributed by atoms with Gasteiger partial charge < -0.3 is 44.7 Å². The molecule has 0 atom stereocenters. The molecule has 0 fully saturated rings. The Morgan fingerprint density at radius 3 is 1.19 bits per heavy atom. The maximum Gasteiger partial charge on any atom is 0.356 e. The predicted molar refractivity (Wildman–Crippen MR) is 368 cm³/mol. The van der Waals surface area contributed by atoms with E-state index in [0.29, 0.717) is 56.2 Å². The number of aliphatic imine (C=N–C) groups is 3. The van der Waals surface area contributed by atoms with Crippen molar-refractivity contribution in [2.24, 2.45) is 20.1 Å². The first-order chi connectivity index (χ1) is 40.5. The van der Waals surface area contributed by atoms with Crippen molar-refractivity contribution in [3.63, 3.8) is 0 Å². The van der Waals surface area contributed by atoms with Crippen LogP contribution >= 0.6 is 91.4 Å². The number of hydrogen-bond acceptors (Lipinski definition) is 13. The first-order valence-electron chi connectivity index (χ1n) is 25.6. The number of ether oxygens (including phenoxy) is 3. The topological polar surface area (TPSA) is 241 Å². The minimum absolute atomic E-state index is 0.0261. The van der Waals surface area contributed by atoms with Crippen molar-refractivity contribution in [2.45, 2.75) is 40.0 Å². The van der Waals surface area contributed by atoms with Gasteiger partial charge in [-0.3, -0.25) is 19.8 Å². The monoisotopic (exact) mass is 1480 g/mol. The Morgan fingerprint density at radius 2 is 0.855 bits per heavy atom. The van der Waals surface area contributed by atoms with Crippen LogP contribution in [0.25, 0.3) is 43.6 Å². The van der Waals surface area contributed by atoms with Gasteiger partial charge in [0.05, 0.1) is 25.2 Å². The van der Waals surface area contributed by atoms with E-state index in [0.717, 1.165) is 55.2 Å². The number of rotatable bonds is 17. The largest absolute Gasteiger partial charge is 0.462 e. The van der Waals surface area contributed by atoms with E-state index in [-0.39, 0.29) is 35.5 Å². The minimum atomic E-state index is -0.595. The van der Waals surface area contributed by atoms with Gasteiger partial charge in [-0.1, -0.05) is 158 Å². The summed E-state index contributed by atoms with van der Waals surface area (Å²) in [5.41, 5.74) is 9.05. The van der Waals surface area contributed by atoms with E-state index in [2.05, 4.69) is 154 Å². The minimum Gasteiger partial charge on any atom is -0.462 e. The highest BCUT2D eigenvalue weighted by Crippen LogP contribution is 2.21. The Kier molecular flexibility index (Phi) is 45.1. The summed E-state index contributed by atoms with van der Waals surface area (Å²) in [7, 11) is 4.89.